The Labute approximate surface area is 123 Å². The van der Waals surface area contributed by atoms with Gasteiger partial charge in [0.15, 0.2) is 0 Å². The van der Waals surface area contributed by atoms with E-state index in [-0.39, 0.29) is 21.1 Å². The lowest BCUT2D eigenvalue weighted by atomic mass is 10.2. The van der Waals surface area contributed by atoms with E-state index in [1.165, 1.54) is 28.9 Å². The molecule has 2 unspecified atom stereocenters. The number of rotatable bonds is 2. The summed E-state index contributed by atoms with van der Waals surface area (Å²) >= 11 is 13.1. The van der Waals surface area contributed by atoms with E-state index in [2.05, 4.69) is 4.98 Å². The molecule has 8 heteroatoms. The lowest BCUT2D eigenvalue weighted by Gasteiger charge is -2.25. The van der Waals surface area contributed by atoms with E-state index < -0.39 is 17.9 Å². The number of halogens is 2. The van der Waals surface area contributed by atoms with Gasteiger partial charge in [-0.05, 0) is 13.0 Å². The molecule has 1 saturated heterocycles. The molecule has 1 aliphatic heterocycles. The second-order valence-electron chi connectivity index (χ2n) is 3.99. The normalized spacial score (nSPS) is 22.6. The minimum absolute atomic E-state index is 0.138. The highest BCUT2D eigenvalue weighted by molar-refractivity contribution is 8.00. The molecule has 1 aromatic rings. The monoisotopic (exact) mass is 320 g/mol. The zero-order valence-corrected chi connectivity index (χ0v) is 12.2. The van der Waals surface area contributed by atoms with Crippen molar-refractivity contribution in [3.63, 3.8) is 0 Å². The molecule has 0 aliphatic carbocycles. The molecule has 1 amide bonds. The molecule has 1 N–H and O–H groups in total. The van der Waals surface area contributed by atoms with Gasteiger partial charge in [-0.2, -0.15) is 0 Å². The molecule has 2 heterocycles. The number of hydrogen-bond donors (Lipinski definition) is 1. The van der Waals surface area contributed by atoms with Crippen LogP contribution >= 0.6 is 35.0 Å². The maximum absolute atomic E-state index is 12.4. The van der Waals surface area contributed by atoms with Gasteiger partial charge in [-0.15, -0.1) is 11.8 Å². The van der Waals surface area contributed by atoms with Gasteiger partial charge in [-0.1, -0.05) is 23.2 Å². The number of thioether (sulfide) groups is 1. The summed E-state index contributed by atoms with van der Waals surface area (Å²) in [5.41, 5.74) is 0.169. The fourth-order valence-corrected chi connectivity index (χ4v) is 3.37. The molecule has 0 bridgehead atoms. The first-order valence-corrected chi connectivity index (χ1v) is 7.20. The summed E-state index contributed by atoms with van der Waals surface area (Å²) in [6.45, 7) is 1.78. The van der Waals surface area contributed by atoms with Gasteiger partial charge in [-0.3, -0.25) is 4.79 Å². The summed E-state index contributed by atoms with van der Waals surface area (Å²) < 4.78 is 0. The van der Waals surface area contributed by atoms with Crippen molar-refractivity contribution in [1.82, 2.24) is 9.88 Å². The Kier molecular flexibility index (Phi) is 4.23. The number of nitrogens with zero attached hydrogens (tertiary/aromatic N) is 2. The predicted molar refractivity (Wildman–Crippen MR) is 73.8 cm³/mol. The number of carboxylic acid groups (broad SMARTS) is 1. The Hall–Kier alpha value is -0.980. The van der Waals surface area contributed by atoms with E-state index in [0.717, 1.165) is 0 Å². The first kappa shape index (κ1) is 14.4. The zero-order chi connectivity index (χ0) is 14.2. The second-order valence-corrected chi connectivity index (χ2v) is 6.13. The number of carbonyl (C=O) groups is 2. The van der Waals surface area contributed by atoms with Gasteiger partial charge in [0.25, 0.3) is 5.91 Å². The van der Waals surface area contributed by atoms with E-state index in [0.29, 0.717) is 5.75 Å². The molecular weight excluding hydrogens is 311 g/mol. The minimum Gasteiger partial charge on any atom is -0.480 e. The summed E-state index contributed by atoms with van der Waals surface area (Å²) in [5, 5.41) is 9.21. The number of hydrogen-bond acceptors (Lipinski definition) is 4. The molecule has 102 valence electrons. The Balaban J connectivity index is 2.37. The predicted octanol–water partition coefficient (Wildman–Crippen LogP) is 2.38. The van der Waals surface area contributed by atoms with Crippen molar-refractivity contribution < 1.29 is 14.7 Å². The molecule has 0 spiro atoms. The van der Waals surface area contributed by atoms with Crippen LogP contribution in [-0.2, 0) is 4.79 Å². The van der Waals surface area contributed by atoms with Crippen LogP contribution in [-0.4, -0.2) is 44.0 Å². The zero-order valence-electron chi connectivity index (χ0n) is 9.84. The summed E-state index contributed by atoms with van der Waals surface area (Å²) in [4.78, 5) is 28.7. The van der Waals surface area contributed by atoms with Crippen molar-refractivity contribution in [1.29, 1.82) is 0 Å². The molecule has 2 rings (SSSR count). The molecule has 19 heavy (non-hydrogen) atoms. The van der Waals surface area contributed by atoms with Crippen LogP contribution in [0.15, 0.2) is 12.3 Å². The molecular formula is C11H10Cl2N2O3S. The summed E-state index contributed by atoms with van der Waals surface area (Å²) in [5.74, 6) is -1.11. The lowest BCUT2D eigenvalue weighted by molar-refractivity contribution is -0.141. The quantitative estimate of drug-likeness (QED) is 0.847. The van der Waals surface area contributed by atoms with Crippen molar-refractivity contribution in [3.8, 4) is 0 Å². The fourth-order valence-electron chi connectivity index (χ4n) is 1.86. The smallest absolute Gasteiger partial charge is 0.327 e. The van der Waals surface area contributed by atoms with E-state index in [9.17, 15) is 9.59 Å². The number of carboxylic acids is 1. The van der Waals surface area contributed by atoms with Gasteiger partial charge in [-0.25, -0.2) is 9.78 Å². The molecule has 1 aromatic heterocycles. The van der Waals surface area contributed by atoms with Gasteiger partial charge in [0.05, 0.1) is 16.0 Å². The summed E-state index contributed by atoms with van der Waals surface area (Å²) in [7, 11) is 0. The number of aromatic nitrogens is 1. The fraction of sp³-hybridized carbons (Fsp3) is 0.364. The molecule has 0 saturated carbocycles. The van der Waals surface area contributed by atoms with Crippen molar-refractivity contribution in [2.45, 2.75) is 18.3 Å². The summed E-state index contributed by atoms with van der Waals surface area (Å²) in [6, 6.07) is 0.497. The van der Waals surface area contributed by atoms with Gasteiger partial charge < -0.3 is 10.0 Å². The van der Waals surface area contributed by atoms with Gasteiger partial charge in [0.1, 0.15) is 11.2 Å². The Morgan fingerprint density at radius 3 is 2.84 bits per heavy atom. The van der Waals surface area contributed by atoms with Gasteiger partial charge in [0, 0.05) is 11.9 Å². The first-order chi connectivity index (χ1) is 8.91. The van der Waals surface area contributed by atoms with Crippen LogP contribution in [0, 0.1) is 0 Å². The van der Waals surface area contributed by atoms with Crippen LogP contribution in [0.25, 0.3) is 0 Å². The maximum atomic E-state index is 12.4. The third-order valence-corrected chi connectivity index (χ3v) is 4.52. The first-order valence-electron chi connectivity index (χ1n) is 5.40. The van der Waals surface area contributed by atoms with Crippen LogP contribution in [0.4, 0.5) is 0 Å². The largest absolute Gasteiger partial charge is 0.480 e. The number of aliphatic carboxylic acids is 1. The average molecular weight is 321 g/mol. The van der Waals surface area contributed by atoms with E-state index in [4.69, 9.17) is 28.3 Å². The van der Waals surface area contributed by atoms with Crippen LogP contribution in [0.5, 0.6) is 0 Å². The van der Waals surface area contributed by atoms with E-state index in [1.54, 1.807) is 6.92 Å². The van der Waals surface area contributed by atoms with Gasteiger partial charge >= 0.3 is 5.97 Å². The van der Waals surface area contributed by atoms with Crippen molar-refractivity contribution >= 4 is 46.8 Å². The van der Waals surface area contributed by atoms with Crippen molar-refractivity contribution in [2.75, 3.05) is 5.75 Å². The Morgan fingerprint density at radius 1 is 1.53 bits per heavy atom. The van der Waals surface area contributed by atoms with Gasteiger partial charge in [0.2, 0.25) is 0 Å². The second kappa shape index (κ2) is 5.56. The maximum Gasteiger partial charge on any atom is 0.327 e. The lowest BCUT2D eigenvalue weighted by Crippen LogP contribution is -2.44. The number of carbonyl (C=O) groups excluding carboxylic acids is 1. The third-order valence-electron chi connectivity index (χ3n) is 2.79. The summed E-state index contributed by atoms with van der Waals surface area (Å²) in [6.07, 6.45) is 1.28. The van der Waals surface area contributed by atoms with Crippen LogP contribution in [0.3, 0.4) is 0 Å². The van der Waals surface area contributed by atoms with Crippen molar-refractivity contribution in [3.05, 3.63) is 28.0 Å². The molecule has 1 fully saturated rings. The highest BCUT2D eigenvalue weighted by Gasteiger charge is 2.40. The number of amides is 1. The molecule has 2 atom stereocenters. The van der Waals surface area contributed by atoms with Crippen LogP contribution < -0.4 is 0 Å². The highest BCUT2D eigenvalue weighted by Crippen LogP contribution is 2.32. The average Bonchev–Trinajstić information content (AvgIpc) is 2.73. The highest BCUT2D eigenvalue weighted by atomic mass is 35.5. The molecule has 0 radical (unpaired) electrons. The Morgan fingerprint density at radius 2 is 2.21 bits per heavy atom. The molecule has 1 aliphatic rings. The standard InChI is InChI=1S/C11H10Cl2N2O3S/c1-5-15(8(4-19-5)11(17)18)10(16)6-2-9(13)14-3-7(6)12/h2-3,5,8H,4H2,1H3,(H,17,18). The van der Waals surface area contributed by atoms with Crippen LogP contribution in [0.1, 0.15) is 17.3 Å². The van der Waals surface area contributed by atoms with Crippen LogP contribution in [0.2, 0.25) is 10.2 Å². The topological polar surface area (TPSA) is 70.5 Å². The third kappa shape index (κ3) is 2.80. The Bertz CT molecular complexity index is 541. The molecule has 5 nitrogen and oxygen atoms in total. The van der Waals surface area contributed by atoms with E-state index >= 15 is 0 Å². The molecule has 0 aromatic carbocycles. The number of pyridine rings is 1. The van der Waals surface area contributed by atoms with E-state index in [1.807, 2.05) is 0 Å². The SMILES string of the molecule is CC1SCC(C(=O)O)N1C(=O)c1cc(Cl)ncc1Cl. The van der Waals surface area contributed by atoms with Crippen molar-refractivity contribution in [2.24, 2.45) is 0 Å². The minimum atomic E-state index is -1.03.